The van der Waals surface area contributed by atoms with Gasteiger partial charge in [0.2, 0.25) is 5.16 Å². The van der Waals surface area contributed by atoms with Crippen LogP contribution in [-0.4, -0.2) is 32.3 Å². The first-order chi connectivity index (χ1) is 5.86. The zero-order chi connectivity index (χ0) is 8.81. The number of aromatic amines is 1. The number of aliphatic hydroxyl groups excluding tert-OH is 1. The van der Waals surface area contributed by atoms with Crippen molar-refractivity contribution in [3.05, 3.63) is 5.25 Å². The zero-order valence-electron chi connectivity index (χ0n) is 6.82. The molecule has 0 fully saturated rings. The van der Waals surface area contributed by atoms with Crippen LogP contribution in [0.5, 0.6) is 0 Å². The van der Waals surface area contributed by atoms with Crippen LogP contribution in [0.4, 0.5) is 0 Å². The number of thioether (sulfide) groups is 1. The van der Waals surface area contributed by atoms with Crippen LogP contribution in [0, 0.1) is 5.25 Å². The Labute approximate surface area is 74.9 Å². The molecule has 1 aromatic heterocycles. The summed E-state index contributed by atoms with van der Waals surface area (Å²) in [6.07, 6.45) is 1.62. The van der Waals surface area contributed by atoms with Gasteiger partial charge < -0.3 is 5.11 Å². The van der Waals surface area contributed by atoms with Gasteiger partial charge in [0.05, 0.1) is 0 Å². The van der Waals surface area contributed by atoms with E-state index in [1.807, 2.05) is 6.92 Å². The van der Waals surface area contributed by atoms with E-state index in [1.165, 1.54) is 17.0 Å². The summed E-state index contributed by atoms with van der Waals surface area (Å²) in [6, 6.07) is 0. The Morgan fingerprint density at radius 1 is 1.67 bits per heavy atom. The summed E-state index contributed by atoms with van der Waals surface area (Å²) < 4.78 is 0. The van der Waals surface area contributed by atoms with Gasteiger partial charge in [-0.1, -0.05) is 18.7 Å². The first-order valence-corrected chi connectivity index (χ1v) is 4.55. The van der Waals surface area contributed by atoms with E-state index < -0.39 is 0 Å². The highest BCUT2D eigenvalue weighted by Gasteiger charge is 2.10. The first-order valence-electron chi connectivity index (χ1n) is 3.74. The molecule has 1 rings (SSSR count). The number of hydrogen-bond donors (Lipinski definition) is 2. The number of H-pyrrole nitrogens is 1. The van der Waals surface area contributed by atoms with Crippen molar-refractivity contribution in [2.75, 3.05) is 6.61 Å². The molecular weight excluding hydrogens is 176 g/mol. The summed E-state index contributed by atoms with van der Waals surface area (Å²) in [6.45, 7) is 2.22. The minimum Gasteiger partial charge on any atom is -0.396 e. The zero-order valence-corrected chi connectivity index (χ0v) is 7.63. The van der Waals surface area contributed by atoms with E-state index in [1.54, 1.807) is 0 Å². The van der Waals surface area contributed by atoms with Gasteiger partial charge in [-0.15, -0.1) is 5.10 Å². The summed E-state index contributed by atoms with van der Waals surface area (Å²) in [5.41, 5.74) is 0. The summed E-state index contributed by atoms with van der Waals surface area (Å²) in [7, 11) is 0. The second-order valence-corrected chi connectivity index (χ2v) is 3.34. The fraction of sp³-hybridized carbons (Fsp3) is 0.667. The number of rotatable bonds is 5. The highest BCUT2D eigenvalue weighted by Crippen LogP contribution is 2.30. The van der Waals surface area contributed by atoms with E-state index in [4.69, 9.17) is 5.11 Å². The van der Waals surface area contributed by atoms with Crippen molar-refractivity contribution >= 4 is 11.8 Å². The lowest BCUT2D eigenvalue weighted by Crippen LogP contribution is -1.94. The molecule has 0 aliphatic heterocycles. The predicted molar refractivity (Wildman–Crippen MR) is 45.3 cm³/mol. The van der Waals surface area contributed by atoms with E-state index in [0.717, 1.165) is 6.42 Å². The molecule has 0 amide bonds. The van der Waals surface area contributed by atoms with E-state index in [-0.39, 0.29) is 6.61 Å². The SMILES string of the molecule is CC[C](CCO)Sc1nnn[nH]1. The van der Waals surface area contributed by atoms with Crippen molar-refractivity contribution in [3.8, 4) is 0 Å². The van der Waals surface area contributed by atoms with Crippen LogP contribution >= 0.6 is 11.8 Å². The van der Waals surface area contributed by atoms with Crippen molar-refractivity contribution in [1.82, 2.24) is 20.6 Å². The summed E-state index contributed by atoms with van der Waals surface area (Å²) in [4.78, 5) is 0. The van der Waals surface area contributed by atoms with Crippen LogP contribution in [0.2, 0.25) is 0 Å². The van der Waals surface area contributed by atoms with Crippen LogP contribution in [-0.2, 0) is 0 Å². The summed E-state index contributed by atoms with van der Waals surface area (Å²) in [5, 5.41) is 23.8. The van der Waals surface area contributed by atoms with Gasteiger partial charge in [-0.2, -0.15) is 0 Å². The molecule has 0 saturated heterocycles. The van der Waals surface area contributed by atoms with Crippen molar-refractivity contribution in [1.29, 1.82) is 0 Å². The van der Waals surface area contributed by atoms with Crippen molar-refractivity contribution in [2.45, 2.75) is 24.9 Å². The molecule has 0 aliphatic carbocycles. The normalized spacial score (nSPS) is 10.9. The smallest absolute Gasteiger partial charge is 0.207 e. The molecule has 0 atom stereocenters. The van der Waals surface area contributed by atoms with Gasteiger partial charge in [-0.25, -0.2) is 5.10 Å². The lowest BCUT2D eigenvalue weighted by molar-refractivity contribution is 0.295. The van der Waals surface area contributed by atoms with Gasteiger partial charge in [-0.05, 0) is 23.3 Å². The molecule has 1 aromatic rings. The molecule has 1 heterocycles. The van der Waals surface area contributed by atoms with Crippen LogP contribution in [0.15, 0.2) is 5.16 Å². The van der Waals surface area contributed by atoms with Gasteiger partial charge in [0.1, 0.15) is 0 Å². The maximum atomic E-state index is 8.70. The molecule has 67 valence electrons. The maximum absolute atomic E-state index is 8.70. The molecule has 0 bridgehead atoms. The molecule has 12 heavy (non-hydrogen) atoms. The molecule has 0 aromatic carbocycles. The molecule has 0 unspecified atom stereocenters. The van der Waals surface area contributed by atoms with Gasteiger partial charge in [-0.3, -0.25) is 0 Å². The van der Waals surface area contributed by atoms with E-state index in [0.29, 0.717) is 11.6 Å². The molecule has 2 N–H and O–H groups in total. The predicted octanol–water partition coefficient (Wildman–Crippen LogP) is 0.616. The van der Waals surface area contributed by atoms with Crippen LogP contribution in [0.1, 0.15) is 19.8 Å². The number of aliphatic hydroxyl groups is 1. The Bertz CT molecular complexity index is 203. The van der Waals surface area contributed by atoms with E-state index in [9.17, 15) is 0 Å². The van der Waals surface area contributed by atoms with Gasteiger partial charge >= 0.3 is 0 Å². The lowest BCUT2D eigenvalue weighted by atomic mass is 10.2. The standard InChI is InChI=1S/C6H11N4OS/c1-2-5(3-4-11)12-6-7-9-10-8-6/h11H,2-4H2,1H3,(H,7,8,9,10). The Balaban J connectivity index is 2.37. The Morgan fingerprint density at radius 2 is 2.50 bits per heavy atom. The highest BCUT2D eigenvalue weighted by molar-refractivity contribution is 8.01. The van der Waals surface area contributed by atoms with Crippen LogP contribution in [0.25, 0.3) is 0 Å². The molecule has 1 radical (unpaired) electrons. The average Bonchev–Trinajstić information content (AvgIpc) is 2.56. The molecule has 0 aliphatic rings. The first kappa shape index (κ1) is 9.47. The third-order valence-electron chi connectivity index (χ3n) is 1.35. The minimum absolute atomic E-state index is 0.178. The third kappa shape index (κ3) is 2.78. The average molecular weight is 187 g/mol. The van der Waals surface area contributed by atoms with Crippen molar-refractivity contribution in [2.24, 2.45) is 0 Å². The second-order valence-electron chi connectivity index (χ2n) is 2.17. The van der Waals surface area contributed by atoms with Crippen molar-refractivity contribution in [3.63, 3.8) is 0 Å². The molecule has 0 spiro atoms. The quantitative estimate of drug-likeness (QED) is 0.661. The Hall–Kier alpha value is -0.620. The number of hydrogen-bond acceptors (Lipinski definition) is 5. The molecular formula is C6H11N4OS. The maximum Gasteiger partial charge on any atom is 0.207 e. The van der Waals surface area contributed by atoms with Crippen LogP contribution < -0.4 is 0 Å². The number of aromatic nitrogens is 4. The van der Waals surface area contributed by atoms with E-state index in [2.05, 4.69) is 20.6 Å². The third-order valence-corrected chi connectivity index (χ3v) is 2.50. The van der Waals surface area contributed by atoms with Crippen molar-refractivity contribution < 1.29 is 5.11 Å². The van der Waals surface area contributed by atoms with Gasteiger partial charge in [0, 0.05) is 11.9 Å². The fourth-order valence-electron chi connectivity index (χ4n) is 0.755. The lowest BCUT2D eigenvalue weighted by Gasteiger charge is -2.07. The number of tetrazole rings is 1. The topological polar surface area (TPSA) is 74.7 Å². The molecule has 6 heteroatoms. The van der Waals surface area contributed by atoms with E-state index >= 15 is 0 Å². The largest absolute Gasteiger partial charge is 0.396 e. The number of nitrogens with zero attached hydrogens (tertiary/aromatic N) is 3. The van der Waals surface area contributed by atoms with Crippen LogP contribution in [0.3, 0.4) is 0 Å². The Kier molecular flexibility index (Phi) is 4.02. The summed E-state index contributed by atoms with van der Waals surface area (Å²) >= 11 is 1.48. The fourth-order valence-corrected chi connectivity index (χ4v) is 1.53. The minimum atomic E-state index is 0.178. The van der Waals surface area contributed by atoms with Gasteiger partial charge in [0.15, 0.2) is 0 Å². The molecule has 5 nitrogen and oxygen atoms in total. The second kappa shape index (κ2) is 5.10. The monoisotopic (exact) mass is 187 g/mol. The summed E-state index contributed by atoms with van der Waals surface area (Å²) in [5.74, 6) is 0. The number of nitrogens with one attached hydrogen (secondary N) is 1. The Morgan fingerprint density at radius 3 is 3.00 bits per heavy atom. The highest BCUT2D eigenvalue weighted by atomic mass is 32.2. The molecule has 0 saturated carbocycles. The van der Waals surface area contributed by atoms with Gasteiger partial charge in [0.25, 0.3) is 0 Å².